The van der Waals surface area contributed by atoms with Gasteiger partial charge in [-0.05, 0) is 88.2 Å². The Morgan fingerprint density at radius 2 is 0.886 bits per heavy atom. The van der Waals surface area contributed by atoms with E-state index in [-0.39, 0.29) is 25.2 Å². The van der Waals surface area contributed by atoms with Gasteiger partial charge in [-0.2, -0.15) is 0 Å². The van der Waals surface area contributed by atoms with Crippen molar-refractivity contribution in [3.05, 3.63) is 59.7 Å². The van der Waals surface area contributed by atoms with Crippen molar-refractivity contribution in [3.63, 3.8) is 0 Å². The van der Waals surface area contributed by atoms with Crippen LogP contribution in [0.4, 0.5) is 0 Å². The summed E-state index contributed by atoms with van der Waals surface area (Å²) in [5, 5.41) is 0. The van der Waals surface area contributed by atoms with E-state index in [0.717, 1.165) is 61.3 Å². The SMILES string of the molecule is CCCCCCCN(C)CCCC(=O)OCc1ccccc1-c1ccccc1COC(=O)CCCN(C)CCCCCCC. The molecule has 0 spiro atoms. The van der Waals surface area contributed by atoms with Gasteiger partial charge in [0.2, 0.25) is 0 Å². The van der Waals surface area contributed by atoms with Crippen molar-refractivity contribution in [1.82, 2.24) is 9.80 Å². The third kappa shape index (κ3) is 16.4. The normalized spacial score (nSPS) is 11.3. The summed E-state index contributed by atoms with van der Waals surface area (Å²) in [6.07, 6.45) is 15.2. The third-order valence-corrected chi connectivity index (χ3v) is 8.23. The lowest BCUT2D eigenvalue weighted by Gasteiger charge is -2.17. The molecule has 2 aromatic rings. The van der Waals surface area contributed by atoms with E-state index in [1.807, 2.05) is 48.5 Å². The molecule has 0 radical (unpaired) electrons. The van der Waals surface area contributed by atoms with E-state index in [1.165, 1.54) is 64.2 Å². The molecule has 0 unspecified atom stereocenters. The zero-order chi connectivity index (χ0) is 31.8. The first-order valence-corrected chi connectivity index (χ1v) is 17.3. The number of unbranched alkanes of at least 4 members (excludes halogenated alkanes) is 8. The minimum atomic E-state index is -0.166. The maximum absolute atomic E-state index is 12.5. The van der Waals surface area contributed by atoms with Crippen LogP contribution >= 0.6 is 0 Å². The molecule has 6 heteroatoms. The van der Waals surface area contributed by atoms with Crippen LogP contribution in [0.5, 0.6) is 0 Å². The first-order chi connectivity index (χ1) is 21.4. The van der Waals surface area contributed by atoms with Gasteiger partial charge < -0.3 is 19.3 Å². The molecule has 0 aliphatic carbocycles. The molecule has 0 N–H and O–H groups in total. The molecular formula is C38H60N2O4. The summed E-state index contributed by atoms with van der Waals surface area (Å²) in [6.45, 7) is 8.89. The number of carbonyl (C=O) groups excluding carboxylic acids is 2. The molecule has 0 amide bonds. The molecule has 44 heavy (non-hydrogen) atoms. The first kappa shape index (κ1) is 37.5. The Kier molecular flexibility index (Phi) is 20.2. The number of hydrogen-bond acceptors (Lipinski definition) is 6. The molecule has 0 aliphatic heterocycles. The molecule has 2 rings (SSSR count). The molecule has 6 nitrogen and oxygen atoms in total. The summed E-state index contributed by atoms with van der Waals surface area (Å²) in [6, 6.07) is 16.0. The van der Waals surface area contributed by atoms with Crippen LogP contribution in [-0.2, 0) is 32.3 Å². The van der Waals surface area contributed by atoms with Crippen molar-refractivity contribution in [2.45, 2.75) is 117 Å². The summed E-state index contributed by atoms with van der Waals surface area (Å²) in [5.41, 5.74) is 3.88. The second-order valence-corrected chi connectivity index (χ2v) is 12.3. The van der Waals surface area contributed by atoms with Crippen molar-refractivity contribution in [3.8, 4) is 11.1 Å². The van der Waals surface area contributed by atoms with Crippen LogP contribution in [0, 0.1) is 0 Å². The van der Waals surface area contributed by atoms with Gasteiger partial charge in [-0.3, -0.25) is 9.59 Å². The largest absolute Gasteiger partial charge is 0.461 e. The fourth-order valence-corrected chi connectivity index (χ4v) is 5.46. The van der Waals surface area contributed by atoms with E-state index < -0.39 is 0 Å². The fourth-order valence-electron chi connectivity index (χ4n) is 5.46. The van der Waals surface area contributed by atoms with Gasteiger partial charge in [0, 0.05) is 12.8 Å². The maximum Gasteiger partial charge on any atom is 0.306 e. The Morgan fingerprint density at radius 1 is 0.523 bits per heavy atom. The molecule has 0 bridgehead atoms. The van der Waals surface area contributed by atoms with Crippen LogP contribution in [0.1, 0.15) is 115 Å². The van der Waals surface area contributed by atoms with Gasteiger partial charge in [0.05, 0.1) is 0 Å². The van der Waals surface area contributed by atoms with Gasteiger partial charge in [-0.1, -0.05) is 114 Å². The van der Waals surface area contributed by atoms with Crippen LogP contribution in [-0.4, -0.2) is 62.0 Å². The van der Waals surface area contributed by atoms with Crippen molar-refractivity contribution in [2.75, 3.05) is 40.3 Å². The van der Waals surface area contributed by atoms with Gasteiger partial charge in [-0.25, -0.2) is 0 Å². The van der Waals surface area contributed by atoms with Crippen molar-refractivity contribution in [2.24, 2.45) is 0 Å². The second-order valence-electron chi connectivity index (χ2n) is 12.3. The van der Waals surface area contributed by atoms with Crippen LogP contribution in [0.2, 0.25) is 0 Å². The highest BCUT2D eigenvalue weighted by molar-refractivity contribution is 5.73. The number of ether oxygens (including phenoxy) is 2. The van der Waals surface area contributed by atoms with E-state index in [0.29, 0.717) is 12.8 Å². The number of esters is 2. The van der Waals surface area contributed by atoms with Gasteiger partial charge in [0.25, 0.3) is 0 Å². The van der Waals surface area contributed by atoms with Gasteiger partial charge in [0.15, 0.2) is 0 Å². The smallest absolute Gasteiger partial charge is 0.306 e. The van der Waals surface area contributed by atoms with E-state index in [2.05, 4.69) is 37.7 Å². The highest BCUT2D eigenvalue weighted by Gasteiger charge is 2.13. The summed E-state index contributed by atoms with van der Waals surface area (Å²) in [7, 11) is 4.26. The molecule has 0 fully saturated rings. The van der Waals surface area contributed by atoms with Crippen molar-refractivity contribution in [1.29, 1.82) is 0 Å². The Labute approximate surface area is 268 Å². The Balaban J connectivity index is 1.78. The van der Waals surface area contributed by atoms with Crippen LogP contribution in [0.25, 0.3) is 11.1 Å². The first-order valence-electron chi connectivity index (χ1n) is 17.3. The average molecular weight is 609 g/mol. The van der Waals surface area contributed by atoms with Gasteiger partial charge >= 0.3 is 11.9 Å². The molecule has 0 aliphatic rings. The van der Waals surface area contributed by atoms with Crippen LogP contribution < -0.4 is 0 Å². The predicted molar refractivity (Wildman–Crippen MR) is 182 cm³/mol. The van der Waals surface area contributed by atoms with E-state index >= 15 is 0 Å². The maximum atomic E-state index is 12.5. The van der Waals surface area contributed by atoms with Crippen LogP contribution in [0.15, 0.2) is 48.5 Å². The van der Waals surface area contributed by atoms with E-state index in [4.69, 9.17) is 9.47 Å². The third-order valence-electron chi connectivity index (χ3n) is 8.23. The summed E-state index contributed by atoms with van der Waals surface area (Å²) < 4.78 is 11.4. The zero-order valence-corrected chi connectivity index (χ0v) is 28.3. The highest BCUT2D eigenvalue weighted by atomic mass is 16.5. The highest BCUT2D eigenvalue weighted by Crippen LogP contribution is 2.28. The lowest BCUT2D eigenvalue weighted by atomic mass is 9.96. The minimum absolute atomic E-state index is 0.166. The lowest BCUT2D eigenvalue weighted by Crippen LogP contribution is -2.21. The molecular weight excluding hydrogens is 548 g/mol. The zero-order valence-electron chi connectivity index (χ0n) is 28.3. The Morgan fingerprint density at radius 3 is 1.30 bits per heavy atom. The predicted octanol–water partition coefficient (Wildman–Crippen LogP) is 8.80. The molecule has 0 atom stereocenters. The second kappa shape index (κ2) is 23.7. The Hall–Kier alpha value is -2.70. The molecule has 246 valence electrons. The fraction of sp³-hybridized carbons (Fsp3) is 0.632. The topological polar surface area (TPSA) is 59.1 Å². The quantitative estimate of drug-likeness (QED) is 0.0829. The molecule has 0 saturated heterocycles. The minimum Gasteiger partial charge on any atom is -0.461 e. The van der Waals surface area contributed by atoms with E-state index in [9.17, 15) is 9.59 Å². The number of hydrogen-bond donors (Lipinski definition) is 0. The lowest BCUT2D eigenvalue weighted by molar-refractivity contribution is -0.146. The number of carbonyl (C=O) groups is 2. The standard InChI is InChI=1S/C38H60N2O4/c1-5-7-9-11-17-27-39(3)29-19-25-37(41)43-31-33-21-13-15-23-35(33)36-24-16-14-22-34(36)32-44-38(42)26-20-30-40(4)28-18-12-10-8-6-2/h13-16,21-24H,5-12,17-20,25-32H2,1-4H3. The molecule has 0 saturated carbocycles. The number of benzene rings is 2. The Bertz CT molecular complexity index is 973. The number of nitrogens with zero attached hydrogens (tertiary/aromatic N) is 2. The van der Waals surface area contributed by atoms with Gasteiger partial charge in [0.1, 0.15) is 13.2 Å². The summed E-state index contributed by atoms with van der Waals surface area (Å²) in [4.78, 5) is 29.7. The van der Waals surface area contributed by atoms with Crippen LogP contribution in [0.3, 0.4) is 0 Å². The van der Waals surface area contributed by atoms with Crippen molar-refractivity contribution >= 4 is 11.9 Å². The van der Waals surface area contributed by atoms with Gasteiger partial charge in [-0.15, -0.1) is 0 Å². The molecule has 0 aromatic heterocycles. The monoisotopic (exact) mass is 608 g/mol. The molecule has 0 heterocycles. The van der Waals surface area contributed by atoms with Crippen molar-refractivity contribution < 1.29 is 19.1 Å². The van der Waals surface area contributed by atoms with E-state index in [1.54, 1.807) is 0 Å². The average Bonchev–Trinajstić information content (AvgIpc) is 3.03. The summed E-state index contributed by atoms with van der Waals surface area (Å²) >= 11 is 0. The number of rotatable bonds is 25. The molecule has 2 aromatic carbocycles. The summed E-state index contributed by atoms with van der Waals surface area (Å²) in [5.74, 6) is -0.332.